The maximum Gasteiger partial charge on any atom is 0.276 e. The van der Waals surface area contributed by atoms with Gasteiger partial charge in [-0.1, -0.05) is 32.0 Å². The van der Waals surface area contributed by atoms with Crippen LogP contribution in [-0.4, -0.2) is 20.8 Å². The second-order valence-corrected chi connectivity index (χ2v) is 6.66. The molecule has 140 valence electrons. The topological polar surface area (TPSA) is 76.4 Å². The average Bonchev–Trinajstić information content (AvgIpc) is 3.12. The predicted molar refractivity (Wildman–Crippen MR) is 104 cm³/mol. The number of aromatic hydroxyl groups is 1. The van der Waals surface area contributed by atoms with E-state index in [-0.39, 0.29) is 24.3 Å². The number of amides is 1. The van der Waals surface area contributed by atoms with Gasteiger partial charge >= 0.3 is 0 Å². The second-order valence-electron chi connectivity index (χ2n) is 6.66. The first-order valence-electron chi connectivity index (χ1n) is 8.80. The van der Waals surface area contributed by atoms with Crippen molar-refractivity contribution in [3.8, 4) is 11.5 Å². The van der Waals surface area contributed by atoms with Crippen LogP contribution in [0.25, 0.3) is 0 Å². The van der Waals surface area contributed by atoms with Gasteiger partial charge in [0, 0.05) is 11.9 Å². The summed E-state index contributed by atoms with van der Waals surface area (Å²) in [4.78, 5) is 12.5. The molecule has 0 fully saturated rings. The Balaban J connectivity index is 1.68. The van der Waals surface area contributed by atoms with Crippen LogP contribution >= 0.6 is 0 Å². The summed E-state index contributed by atoms with van der Waals surface area (Å²) < 4.78 is 7.18. The quantitative estimate of drug-likeness (QED) is 0.638. The molecule has 3 aromatic rings. The molecule has 3 rings (SSSR count). The number of benzene rings is 2. The Morgan fingerprint density at radius 2 is 1.96 bits per heavy atom. The first-order chi connectivity index (χ1) is 12.9. The molecule has 1 aromatic heterocycles. The van der Waals surface area contributed by atoms with Crippen LogP contribution < -0.4 is 10.1 Å². The molecule has 0 spiro atoms. The van der Waals surface area contributed by atoms with Crippen molar-refractivity contribution in [3.63, 3.8) is 0 Å². The fourth-order valence-corrected chi connectivity index (χ4v) is 2.70. The lowest BCUT2D eigenvalue weighted by Crippen LogP contribution is -2.15. The Bertz CT molecular complexity index is 933. The molecular formula is C21H23N3O3. The van der Waals surface area contributed by atoms with E-state index >= 15 is 0 Å². The number of aromatic nitrogens is 2. The number of hydrogen-bond acceptors (Lipinski definition) is 4. The Hall–Kier alpha value is -3.28. The van der Waals surface area contributed by atoms with E-state index in [2.05, 4.69) is 10.4 Å². The van der Waals surface area contributed by atoms with Gasteiger partial charge in [-0.3, -0.25) is 4.79 Å². The fraction of sp³-hybridized carbons (Fsp3) is 0.238. The molecule has 1 heterocycles. The van der Waals surface area contributed by atoms with E-state index in [1.807, 2.05) is 57.2 Å². The molecule has 0 radical (unpaired) electrons. The normalized spacial score (nSPS) is 10.8. The maximum absolute atomic E-state index is 12.5. The molecule has 0 aliphatic rings. The summed E-state index contributed by atoms with van der Waals surface area (Å²) >= 11 is 0. The molecule has 6 nitrogen and oxygen atoms in total. The summed E-state index contributed by atoms with van der Waals surface area (Å²) in [6, 6.07) is 14.5. The van der Waals surface area contributed by atoms with Gasteiger partial charge in [-0.15, -0.1) is 0 Å². The van der Waals surface area contributed by atoms with Crippen LogP contribution in [0.4, 0.5) is 5.69 Å². The number of hydrogen-bond donors (Lipinski definition) is 2. The highest BCUT2D eigenvalue weighted by Gasteiger charge is 2.14. The summed E-state index contributed by atoms with van der Waals surface area (Å²) in [6.07, 6.45) is 1.70. The number of anilines is 1. The highest BCUT2D eigenvalue weighted by atomic mass is 16.5. The monoisotopic (exact) mass is 365 g/mol. The van der Waals surface area contributed by atoms with Crippen LogP contribution in [0.5, 0.6) is 11.5 Å². The Morgan fingerprint density at radius 1 is 1.22 bits per heavy atom. The predicted octanol–water partition coefficient (Wildman–Crippen LogP) is 4.31. The second kappa shape index (κ2) is 7.95. The van der Waals surface area contributed by atoms with Crippen molar-refractivity contribution in [1.29, 1.82) is 0 Å². The van der Waals surface area contributed by atoms with Crippen LogP contribution in [0, 0.1) is 6.92 Å². The van der Waals surface area contributed by atoms with E-state index in [0.717, 1.165) is 16.9 Å². The lowest BCUT2D eigenvalue weighted by atomic mass is 9.99. The number of rotatable bonds is 6. The standard InChI is InChI=1S/C21H23N3O3/c1-14(2)17-12-19(15(3)11-20(17)25)22-21(26)18-9-10-24(23-18)13-27-16-7-5-4-6-8-16/h4-12,14,25H,13H2,1-3H3,(H,22,26). The molecule has 1 amide bonds. The minimum atomic E-state index is -0.308. The first-order valence-corrected chi connectivity index (χ1v) is 8.80. The average molecular weight is 365 g/mol. The van der Waals surface area contributed by atoms with Crippen molar-refractivity contribution in [2.45, 2.75) is 33.4 Å². The van der Waals surface area contributed by atoms with E-state index in [1.165, 1.54) is 0 Å². The Morgan fingerprint density at radius 3 is 2.67 bits per heavy atom. The summed E-state index contributed by atoms with van der Waals surface area (Å²) in [5, 5.41) is 17.2. The van der Waals surface area contributed by atoms with Crippen molar-refractivity contribution >= 4 is 11.6 Å². The van der Waals surface area contributed by atoms with Gasteiger partial charge in [0.15, 0.2) is 12.4 Å². The van der Waals surface area contributed by atoms with Crippen LogP contribution in [0.15, 0.2) is 54.7 Å². The minimum Gasteiger partial charge on any atom is -0.508 e. The van der Waals surface area contributed by atoms with Crippen molar-refractivity contribution in [3.05, 3.63) is 71.5 Å². The van der Waals surface area contributed by atoms with Gasteiger partial charge in [0.25, 0.3) is 5.91 Å². The van der Waals surface area contributed by atoms with Gasteiger partial charge in [0.2, 0.25) is 0 Å². The smallest absolute Gasteiger partial charge is 0.276 e. The molecule has 0 aliphatic heterocycles. The van der Waals surface area contributed by atoms with E-state index in [1.54, 1.807) is 23.0 Å². The van der Waals surface area contributed by atoms with Crippen molar-refractivity contribution in [1.82, 2.24) is 9.78 Å². The van der Waals surface area contributed by atoms with E-state index < -0.39 is 0 Å². The van der Waals surface area contributed by atoms with E-state index in [9.17, 15) is 9.90 Å². The van der Waals surface area contributed by atoms with Gasteiger partial charge < -0.3 is 15.2 Å². The number of aryl methyl sites for hydroxylation is 1. The van der Waals surface area contributed by atoms with Gasteiger partial charge in [0.05, 0.1) is 0 Å². The molecule has 2 aromatic carbocycles. The molecule has 0 aliphatic carbocycles. The molecule has 0 bridgehead atoms. The molecule has 0 unspecified atom stereocenters. The summed E-state index contributed by atoms with van der Waals surface area (Å²) in [7, 11) is 0. The highest BCUT2D eigenvalue weighted by Crippen LogP contribution is 2.31. The van der Waals surface area contributed by atoms with Gasteiger partial charge in [0.1, 0.15) is 11.5 Å². The van der Waals surface area contributed by atoms with Crippen LogP contribution in [0.2, 0.25) is 0 Å². The Labute approximate surface area is 158 Å². The lowest BCUT2D eigenvalue weighted by Gasteiger charge is -2.14. The largest absolute Gasteiger partial charge is 0.508 e. The summed E-state index contributed by atoms with van der Waals surface area (Å²) in [6.45, 7) is 6.04. The summed E-state index contributed by atoms with van der Waals surface area (Å²) in [5.74, 6) is 0.815. The van der Waals surface area contributed by atoms with Crippen molar-refractivity contribution < 1.29 is 14.6 Å². The third kappa shape index (κ3) is 4.47. The van der Waals surface area contributed by atoms with Gasteiger partial charge in [-0.2, -0.15) is 5.10 Å². The van der Waals surface area contributed by atoms with Crippen molar-refractivity contribution in [2.75, 3.05) is 5.32 Å². The third-order valence-corrected chi connectivity index (χ3v) is 4.22. The van der Waals surface area contributed by atoms with E-state index in [0.29, 0.717) is 11.4 Å². The number of para-hydroxylation sites is 1. The molecule has 0 atom stereocenters. The zero-order chi connectivity index (χ0) is 19.4. The minimum absolute atomic E-state index is 0.149. The van der Waals surface area contributed by atoms with Crippen LogP contribution in [0.3, 0.4) is 0 Å². The maximum atomic E-state index is 12.5. The lowest BCUT2D eigenvalue weighted by molar-refractivity contribution is 0.102. The molecular weight excluding hydrogens is 342 g/mol. The number of carbonyl (C=O) groups excluding carboxylic acids is 1. The van der Waals surface area contributed by atoms with Gasteiger partial charge in [-0.05, 0) is 54.3 Å². The first kappa shape index (κ1) is 18.5. The number of phenols is 1. The Kier molecular flexibility index (Phi) is 5.45. The molecule has 0 saturated carbocycles. The molecule has 2 N–H and O–H groups in total. The number of nitrogens with zero attached hydrogens (tertiary/aromatic N) is 2. The van der Waals surface area contributed by atoms with E-state index in [4.69, 9.17) is 4.74 Å². The number of ether oxygens (including phenoxy) is 1. The molecule has 0 saturated heterocycles. The SMILES string of the molecule is Cc1cc(O)c(C(C)C)cc1NC(=O)c1ccn(COc2ccccc2)n1. The van der Waals surface area contributed by atoms with Crippen LogP contribution in [-0.2, 0) is 6.73 Å². The number of nitrogens with one attached hydrogen (secondary N) is 1. The number of carbonyl (C=O) groups is 1. The fourth-order valence-electron chi connectivity index (χ4n) is 2.70. The summed E-state index contributed by atoms with van der Waals surface area (Å²) in [5.41, 5.74) is 2.54. The highest BCUT2D eigenvalue weighted by molar-refractivity contribution is 6.03. The zero-order valence-electron chi connectivity index (χ0n) is 15.6. The molecule has 27 heavy (non-hydrogen) atoms. The van der Waals surface area contributed by atoms with Gasteiger partial charge in [-0.25, -0.2) is 4.68 Å². The zero-order valence-corrected chi connectivity index (χ0v) is 15.6. The van der Waals surface area contributed by atoms with Crippen molar-refractivity contribution in [2.24, 2.45) is 0 Å². The third-order valence-electron chi connectivity index (χ3n) is 4.22. The molecule has 6 heteroatoms. The van der Waals surface area contributed by atoms with Crippen LogP contribution in [0.1, 0.15) is 41.4 Å². The number of phenolic OH excluding ortho intramolecular Hbond substituents is 1.